The van der Waals surface area contributed by atoms with Crippen LogP contribution < -0.4 is 5.11 Å². The van der Waals surface area contributed by atoms with Crippen molar-refractivity contribution in [1.29, 1.82) is 0 Å². The summed E-state index contributed by atoms with van der Waals surface area (Å²) in [6, 6.07) is 0. The highest BCUT2D eigenvalue weighted by atomic mass is 16.3. The Balaban J connectivity index is 2.50. The number of hydrogen-bond acceptors (Lipinski definition) is 3. The highest BCUT2D eigenvalue weighted by molar-refractivity contribution is 5.73. The van der Waals surface area contributed by atoms with Crippen molar-refractivity contribution in [2.45, 2.75) is 19.1 Å². The van der Waals surface area contributed by atoms with E-state index in [4.69, 9.17) is 5.11 Å². The van der Waals surface area contributed by atoms with Crippen molar-refractivity contribution in [3.05, 3.63) is 0 Å². The molecule has 1 heterocycles. The highest BCUT2D eigenvalue weighted by Crippen LogP contribution is 2.05. The van der Waals surface area contributed by atoms with Crippen LogP contribution in [-0.4, -0.2) is 17.2 Å². The fraction of sp³-hybridized carbons (Fsp3) is 0.750. The van der Waals surface area contributed by atoms with E-state index in [-0.39, 0.29) is 5.90 Å². The maximum absolute atomic E-state index is 10.1. The molecule has 0 aromatic rings. The number of aliphatic hydroxyl groups is 1. The zero-order valence-corrected chi connectivity index (χ0v) is 3.79. The minimum atomic E-state index is -0.701. The van der Waals surface area contributed by atoms with Gasteiger partial charge in [-0.15, -0.1) is 0 Å². The van der Waals surface area contributed by atoms with Crippen LogP contribution in [0.2, 0.25) is 0 Å². The van der Waals surface area contributed by atoms with Gasteiger partial charge in [-0.25, -0.2) is 0 Å². The Bertz CT molecular complexity index is 99.9. The van der Waals surface area contributed by atoms with Gasteiger partial charge in [0.2, 0.25) is 0 Å². The van der Waals surface area contributed by atoms with E-state index in [1.165, 1.54) is 0 Å². The van der Waals surface area contributed by atoms with Crippen LogP contribution >= 0.6 is 0 Å². The quantitative estimate of drug-likeness (QED) is 0.418. The molecule has 1 aliphatic rings. The fourth-order valence-corrected chi connectivity index (χ4v) is 0.548. The number of aliphatic hydroxyl groups excluding tert-OH is 1. The fourth-order valence-electron chi connectivity index (χ4n) is 0.548. The second kappa shape index (κ2) is 1.50. The first-order valence-electron chi connectivity index (χ1n) is 2.21. The number of rotatable bonds is 0. The Morgan fingerprint density at radius 1 is 1.86 bits per heavy atom. The van der Waals surface area contributed by atoms with Crippen molar-refractivity contribution in [3.8, 4) is 0 Å². The van der Waals surface area contributed by atoms with Gasteiger partial charge >= 0.3 is 0 Å². The van der Waals surface area contributed by atoms with Crippen LogP contribution in [-0.2, 0) is 0 Å². The van der Waals surface area contributed by atoms with E-state index in [2.05, 4.69) is 4.99 Å². The minimum Gasteiger partial charge on any atom is -0.862 e. The van der Waals surface area contributed by atoms with Crippen LogP contribution in [0, 0.1) is 0 Å². The normalized spacial score (nSPS) is 30.4. The SMILES string of the molecule is [O-]C1=NC(O)CC1. The first-order chi connectivity index (χ1) is 3.29. The largest absolute Gasteiger partial charge is 0.862 e. The van der Waals surface area contributed by atoms with E-state index < -0.39 is 6.23 Å². The second-order valence-electron chi connectivity index (χ2n) is 1.54. The smallest absolute Gasteiger partial charge is 0.144 e. The Kier molecular flexibility index (Phi) is 0.982. The van der Waals surface area contributed by atoms with Crippen molar-refractivity contribution in [2.24, 2.45) is 4.99 Å². The van der Waals surface area contributed by atoms with E-state index in [9.17, 15) is 5.11 Å². The third-order valence-electron chi connectivity index (χ3n) is 0.909. The summed E-state index contributed by atoms with van der Waals surface area (Å²) in [5.74, 6) is -0.174. The maximum Gasteiger partial charge on any atom is 0.144 e. The Morgan fingerprint density at radius 3 is 2.71 bits per heavy atom. The number of nitrogens with zero attached hydrogens (tertiary/aromatic N) is 1. The van der Waals surface area contributed by atoms with Crippen LogP contribution in [0.25, 0.3) is 0 Å². The van der Waals surface area contributed by atoms with Gasteiger partial charge in [-0.1, -0.05) is 0 Å². The maximum atomic E-state index is 10.1. The Labute approximate surface area is 41.3 Å². The lowest BCUT2D eigenvalue weighted by Gasteiger charge is -1.96. The van der Waals surface area contributed by atoms with Crippen molar-refractivity contribution in [2.75, 3.05) is 0 Å². The summed E-state index contributed by atoms with van der Waals surface area (Å²) in [5, 5.41) is 18.6. The lowest BCUT2D eigenvalue weighted by molar-refractivity contribution is -0.217. The Morgan fingerprint density at radius 2 is 2.57 bits per heavy atom. The highest BCUT2D eigenvalue weighted by Gasteiger charge is 2.05. The lowest BCUT2D eigenvalue weighted by Crippen LogP contribution is -2.12. The molecule has 0 aromatic heterocycles. The summed E-state index contributed by atoms with van der Waals surface area (Å²) in [6.07, 6.45) is 0.229. The van der Waals surface area contributed by atoms with Crippen LogP contribution in [0.5, 0.6) is 0 Å². The number of aliphatic imine (C=N–C) groups is 1. The predicted molar refractivity (Wildman–Crippen MR) is 22.7 cm³/mol. The van der Waals surface area contributed by atoms with E-state index in [1.807, 2.05) is 0 Å². The molecule has 3 nitrogen and oxygen atoms in total. The molecular formula is C4H6NO2-. The molecule has 0 saturated heterocycles. The molecule has 3 heteroatoms. The molecule has 1 rings (SSSR count). The third-order valence-corrected chi connectivity index (χ3v) is 0.909. The summed E-state index contributed by atoms with van der Waals surface area (Å²) < 4.78 is 0. The van der Waals surface area contributed by atoms with Crippen molar-refractivity contribution >= 4 is 5.90 Å². The summed E-state index contributed by atoms with van der Waals surface area (Å²) in [4.78, 5) is 3.31. The van der Waals surface area contributed by atoms with E-state index in [0.29, 0.717) is 12.8 Å². The van der Waals surface area contributed by atoms with Crippen molar-refractivity contribution in [3.63, 3.8) is 0 Å². The van der Waals surface area contributed by atoms with E-state index >= 15 is 0 Å². The van der Waals surface area contributed by atoms with E-state index in [1.54, 1.807) is 0 Å². The Hall–Kier alpha value is -0.570. The van der Waals surface area contributed by atoms with Crippen LogP contribution in [0.1, 0.15) is 12.8 Å². The van der Waals surface area contributed by atoms with Gasteiger partial charge in [-0.3, -0.25) is 4.99 Å². The monoisotopic (exact) mass is 100 g/mol. The molecule has 0 bridgehead atoms. The molecule has 0 spiro atoms. The van der Waals surface area contributed by atoms with Gasteiger partial charge in [-0.2, -0.15) is 0 Å². The van der Waals surface area contributed by atoms with Gasteiger partial charge in [0.05, 0.1) is 0 Å². The number of hydrogen-bond donors (Lipinski definition) is 1. The molecule has 0 saturated carbocycles. The van der Waals surface area contributed by atoms with Gasteiger partial charge in [0.1, 0.15) is 6.23 Å². The van der Waals surface area contributed by atoms with Gasteiger partial charge in [0.25, 0.3) is 0 Å². The second-order valence-corrected chi connectivity index (χ2v) is 1.54. The minimum absolute atomic E-state index is 0.174. The molecule has 7 heavy (non-hydrogen) atoms. The molecule has 0 radical (unpaired) electrons. The average molecular weight is 100 g/mol. The van der Waals surface area contributed by atoms with Crippen LogP contribution in [0.15, 0.2) is 4.99 Å². The zero-order valence-electron chi connectivity index (χ0n) is 3.79. The summed E-state index contributed by atoms with van der Waals surface area (Å²) >= 11 is 0. The topological polar surface area (TPSA) is 55.7 Å². The van der Waals surface area contributed by atoms with Gasteiger partial charge in [-0.05, 0) is 18.7 Å². The van der Waals surface area contributed by atoms with Gasteiger partial charge < -0.3 is 10.2 Å². The predicted octanol–water partition coefficient (Wildman–Crippen LogP) is -1.14. The molecular weight excluding hydrogens is 94.0 g/mol. The first-order valence-corrected chi connectivity index (χ1v) is 2.21. The van der Waals surface area contributed by atoms with Gasteiger partial charge in [0.15, 0.2) is 0 Å². The first kappa shape index (κ1) is 4.59. The summed E-state index contributed by atoms with van der Waals surface area (Å²) in [5.41, 5.74) is 0. The van der Waals surface area contributed by atoms with Crippen LogP contribution in [0.3, 0.4) is 0 Å². The molecule has 0 amide bonds. The van der Waals surface area contributed by atoms with E-state index in [0.717, 1.165) is 0 Å². The van der Waals surface area contributed by atoms with Crippen LogP contribution in [0.4, 0.5) is 0 Å². The molecule has 40 valence electrons. The van der Waals surface area contributed by atoms with Crippen molar-refractivity contribution < 1.29 is 10.2 Å². The molecule has 0 fully saturated rings. The average Bonchev–Trinajstić information content (AvgIpc) is 1.87. The standard InChI is InChI=1S/C4H7NO2/c6-3-1-2-4(7)5-3/h3,6H,1-2H2,(H,5,7)/p-1. The molecule has 1 unspecified atom stereocenters. The molecule has 0 aromatic carbocycles. The molecule has 1 N–H and O–H groups in total. The van der Waals surface area contributed by atoms with Crippen molar-refractivity contribution in [1.82, 2.24) is 0 Å². The molecule has 1 aliphatic heterocycles. The molecule has 1 atom stereocenters. The molecule has 0 aliphatic carbocycles. The zero-order chi connectivity index (χ0) is 5.28. The summed E-state index contributed by atoms with van der Waals surface area (Å²) in [6.45, 7) is 0. The summed E-state index contributed by atoms with van der Waals surface area (Å²) in [7, 11) is 0. The van der Waals surface area contributed by atoms with Gasteiger partial charge in [0, 0.05) is 0 Å². The third kappa shape index (κ3) is 0.899. The lowest BCUT2D eigenvalue weighted by atomic mass is 10.3.